The summed E-state index contributed by atoms with van der Waals surface area (Å²) in [6, 6.07) is 0.665. The Morgan fingerprint density at radius 3 is 2.94 bits per heavy atom. The Kier molecular flexibility index (Phi) is 6.21. The molecule has 1 amide bonds. The standard InChI is InChI=1S/C12H24N2OS/c1-3-11(13)8-16-9-12(15)14-7-5-4-6-10(14)2/h10-11H,3-9,13H2,1-2H3. The minimum Gasteiger partial charge on any atom is -0.339 e. The van der Waals surface area contributed by atoms with Crippen molar-refractivity contribution in [2.24, 2.45) is 5.73 Å². The van der Waals surface area contributed by atoms with E-state index in [0.717, 1.165) is 31.6 Å². The molecule has 2 unspecified atom stereocenters. The molecule has 0 aromatic heterocycles. The first-order valence-electron chi connectivity index (χ1n) is 6.28. The van der Waals surface area contributed by atoms with Crippen LogP contribution >= 0.6 is 11.8 Å². The van der Waals surface area contributed by atoms with Gasteiger partial charge in [-0.25, -0.2) is 0 Å². The number of rotatable bonds is 5. The zero-order valence-electron chi connectivity index (χ0n) is 10.4. The van der Waals surface area contributed by atoms with E-state index in [-0.39, 0.29) is 6.04 Å². The largest absolute Gasteiger partial charge is 0.339 e. The molecule has 1 fully saturated rings. The van der Waals surface area contributed by atoms with Crippen LogP contribution in [0.5, 0.6) is 0 Å². The van der Waals surface area contributed by atoms with Gasteiger partial charge in [-0.1, -0.05) is 6.92 Å². The van der Waals surface area contributed by atoms with Crippen molar-refractivity contribution in [3.63, 3.8) is 0 Å². The lowest BCUT2D eigenvalue weighted by atomic mass is 10.0. The Hall–Kier alpha value is -0.220. The van der Waals surface area contributed by atoms with Crippen LogP contribution in [0.1, 0.15) is 39.5 Å². The summed E-state index contributed by atoms with van der Waals surface area (Å²) in [4.78, 5) is 14.0. The lowest BCUT2D eigenvalue weighted by Gasteiger charge is -2.33. The molecule has 0 spiro atoms. The quantitative estimate of drug-likeness (QED) is 0.803. The van der Waals surface area contributed by atoms with Gasteiger partial charge in [-0.05, 0) is 32.6 Å². The number of thioether (sulfide) groups is 1. The second-order valence-electron chi connectivity index (χ2n) is 4.62. The Morgan fingerprint density at radius 1 is 1.56 bits per heavy atom. The van der Waals surface area contributed by atoms with Crippen LogP contribution in [0.2, 0.25) is 0 Å². The van der Waals surface area contributed by atoms with Crippen molar-refractivity contribution in [3.8, 4) is 0 Å². The molecule has 4 heteroatoms. The molecule has 16 heavy (non-hydrogen) atoms. The van der Waals surface area contributed by atoms with Gasteiger partial charge in [0.15, 0.2) is 0 Å². The molecular formula is C12H24N2OS. The molecule has 0 saturated carbocycles. The summed E-state index contributed by atoms with van der Waals surface area (Å²) < 4.78 is 0. The summed E-state index contributed by atoms with van der Waals surface area (Å²) in [7, 11) is 0. The Labute approximate surface area is 103 Å². The molecule has 1 saturated heterocycles. The summed E-state index contributed by atoms with van der Waals surface area (Å²) in [5.41, 5.74) is 5.82. The zero-order chi connectivity index (χ0) is 12.0. The smallest absolute Gasteiger partial charge is 0.232 e. The number of hydrogen-bond donors (Lipinski definition) is 1. The molecular weight excluding hydrogens is 220 g/mol. The Balaban J connectivity index is 2.23. The second-order valence-corrected chi connectivity index (χ2v) is 5.65. The van der Waals surface area contributed by atoms with Gasteiger partial charge in [0.1, 0.15) is 0 Å². The number of nitrogens with zero attached hydrogens (tertiary/aromatic N) is 1. The predicted molar refractivity (Wildman–Crippen MR) is 70.6 cm³/mol. The van der Waals surface area contributed by atoms with Crippen molar-refractivity contribution < 1.29 is 4.79 Å². The van der Waals surface area contributed by atoms with Crippen LogP contribution < -0.4 is 5.73 Å². The van der Waals surface area contributed by atoms with E-state index in [1.165, 1.54) is 6.42 Å². The number of piperidine rings is 1. The van der Waals surface area contributed by atoms with E-state index in [0.29, 0.717) is 17.7 Å². The maximum atomic E-state index is 11.9. The summed E-state index contributed by atoms with van der Waals surface area (Å²) in [6.45, 7) is 5.18. The minimum atomic E-state index is 0.233. The highest BCUT2D eigenvalue weighted by Crippen LogP contribution is 2.17. The topological polar surface area (TPSA) is 46.3 Å². The lowest BCUT2D eigenvalue weighted by Crippen LogP contribution is -2.43. The molecule has 2 atom stereocenters. The molecule has 94 valence electrons. The van der Waals surface area contributed by atoms with E-state index in [1.54, 1.807) is 11.8 Å². The van der Waals surface area contributed by atoms with Gasteiger partial charge in [-0.3, -0.25) is 4.79 Å². The van der Waals surface area contributed by atoms with Crippen LogP contribution in [0.25, 0.3) is 0 Å². The van der Waals surface area contributed by atoms with Gasteiger partial charge in [-0.15, -0.1) is 0 Å². The third-order valence-corrected chi connectivity index (χ3v) is 4.32. The summed E-state index contributed by atoms with van der Waals surface area (Å²) in [5, 5.41) is 0. The molecule has 0 radical (unpaired) electrons. The van der Waals surface area contributed by atoms with Gasteiger partial charge >= 0.3 is 0 Å². The molecule has 1 aliphatic heterocycles. The second kappa shape index (κ2) is 7.17. The maximum Gasteiger partial charge on any atom is 0.232 e. The van der Waals surface area contributed by atoms with E-state index >= 15 is 0 Å². The third-order valence-electron chi connectivity index (χ3n) is 3.21. The average molecular weight is 244 g/mol. The fourth-order valence-electron chi connectivity index (χ4n) is 1.97. The van der Waals surface area contributed by atoms with Crippen molar-refractivity contribution in [1.29, 1.82) is 0 Å². The molecule has 3 nitrogen and oxygen atoms in total. The van der Waals surface area contributed by atoms with Crippen molar-refractivity contribution in [2.75, 3.05) is 18.1 Å². The van der Waals surface area contributed by atoms with Crippen molar-refractivity contribution in [2.45, 2.75) is 51.6 Å². The molecule has 1 heterocycles. The van der Waals surface area contributed by atoms with Crippen molar-refractivity contribution in [3.05, 3.63) is 0 Å². The molecule has 1 aliphatic rings. The summed E-state index contributed by atoms with van der Waals surface area (Å²) in [6.07, 6.45) is 4.57. The van der Waals surface area contributed by atoms with Crippen LogP contribution in [-0.2, 0) is 4.79 Å². The van der Waals surface area contributed by atoms with Gasteiger partial charge in [0.25, 0.3) is 0 Å². The van der Waals surface area contributed by atoms with E-state index < -0.39 is 0 Å². The monoisotopic (exact) mass is 244 g/mol. The molecule has 0 bridgehead atoms. The van der Waals surface area contributed by atoms with Crippen LogP contribution in [0.4, 0.5) is 0 Å². The van der Waals surface area contributed by atoms with Crippen LogP contribution in [0.3, 0.4) is 0 Å². The Bertz CT molecular complexity index is 223. The molecule has 0 aromatic rings. The minimum absolute atomic E-state index is 0.233. The summed E-state index contributed by atoms with van der Waals surface area (Å²) in [5.74, 6) is 1.78. The van der Waals surface area contributed by atoms with Gasteiger partial charge in [-0.2, -0.15) is 11.8 Å². The van der Waals surface area contributed by atoms with Crippen LogP contribution in [0, 0.1) is 0 Å². The van der Waals surface area contributed by atoms with Crippen LogP contribution in [0.15, 0.2) is 0 Å². The predicted octanol–water partition coefficient (Wildman–Crippen LogP) is 1.86. The fourth-order valence-corrected chi connectivity index (χ4v) is 2.96. The summed E-state index contributed by atoms with van der Waals surface area (Å²) >= 11 is 1.67. The maximum absolute atomic E-state index is 11.9. The van der Waals surface area contributed by atoms with E-state index in [9.17, 15) is 4.79 Å². The third kappa shape index (κ3) is 4.34. The van der Waals surface area contributed by atoms with Gasteiger partial charge < -0.3 is 10.6 Å². The number of amides is 1. The highest BCUT2D eigenvalue weighted by Gasteiger charge is 2.22. The van der Waals surface area contributed by atoms with Gasteiger partial charge in [0.2, 0.25) is 5.91 Å². The van der Waals surface area contributed by atoms with Crippen molar-refractivity contribution >= 4 is 17.7 Å². The number of carbonyl (C=O) groups excluding carboxylic acids is 1. The molecule has 0 aliphatic carbocycles. The highest BCUT2D eigenvalue weighted by atomic mass is 32.2. The first kappa shape index (κ1) is 13.8. The normalized spacial score (nSPS) is 23.2. The first-order chi connectivity index (χ1) is 7.65. The lowest BCUT2D eigenvalue weighted by molar-refractivity contribution is -0.131. The number of likely N-dealkylation sites (tertiary alicyclic amines) is 1. The average Bonchev–Trinajstić information content (AvgIpc) is 2.29. The number of carbonyl (C=O) groups is 1. The molecule has 0 aromatic carbocycles. The number of nitrogens with two attached hydrogens (primary N) is 1. The SMILES string of the molecule is CCC(N)CSCC(=O)N1CCCCC1C. The van der Waals surface area contributed by atoms with Crippen LogP contribution in [-0.4, -0.2) is 40.9 Å². The molecule has 2 N–H and O–H groups in total. The highest BCUT2D eigenvalue weighted by molar-refractivity contribution is 7.99. The fraction of sp³-hybridized carbons (Fsp3) is 0.917. The van der Waals surface area contributed by atoms with Crippen molar-refractivity contribution in [1.82, 2.24) is 4.90 Å². The number of hydrogen-bond acceptors (Lipinski definition) is 3. The molecule has 1 rings (SSSR count). The van der Waals surface area contributed by atoms with Gasteiger partial charge in [0, 0.05) is 24.4 Å². The Morgan fingerprint density at radius 2 is 2.31 bits per heavy atom. The van der Waals surface area contributed by atoms with E-state index in [2.05, 4.69) is 13.8 Å². The first-order valence-corrected chi connectivity index (χ1v) is 7.43. The zero-order valence-corrected chi connectivity index (χ0v) is 11.3. The van der Waals surface area contributed by atoms with E-state index in [4.69, 9.17) is 5.73 Å². The van der Waals surface area contributed by atoms with Gasteiger partial charge in [0.05, 0.1) is 5.75 Å². The van der Waals surface area contributed by atoms with E-state index in [1.807, 2.05) is 4.90 Å².